The van der Waals surface area contributed by atoms with Crippen LogP contribution in [0.15, 0.2) is 0 Å². The van der Waals surface area contributed by atoms with Gasteiger partial charge >= 0.3 is 11.9 Å². The molecule has 0 fully saturated rings. The second-order valence-electron chi connectivity index (χ2n) is 1.77. The maximum Gasteiger partial charge on any atom is 0.344 e. The summed E-state index contributed by atoms with van der Waals surface area (Å²) in [6, 6.07) is 0. The number of carbonyl (C=O) groups is 3. The number of aliphatic carboxylic acids is 1. The van der Waals surface area contributed by atoms with E-state index in [4.69, 9.17) is 5.11 Å². The van der Waals surface area contributed by atoms with Gasteiger partial charge < -0.3 is 14.6 Å². The Bertz CT molecular complexity index is 175. The summed E-state index contributed by atoms with van der Waals surface area (Å²) in [5, 5.41) is 8.12. The van der Waals surface area contributed by atoms with Crippen LogP contribution < -0.4 is 0 Å². The van der Waals surface area contributed by atoms with Gasteiger partial charge in [-0.2, -0.15) is 0 Å². The van der Waals surface area contributed by atoms with Crippen molar-refractivity contribution in [3.05, 3.63) is 0 Å². The lowest BCUT2D eigenvalue weighted by atomic mass is 10.5. The van der Waals surface area contributed by atoms with Crippen LogP contribution in [0.3, 0.4) is 0 Å². The molecule has 0 aromatic rings. The summed E-state index contributed by atoms with van der Waals surface area (Å²) in [5.41, 5.74) is 0. The van der Waals surface area contributed by atoms with Gasteiger partial charge in [0.25, 0.3) is 6.47 Å². The molecule has 0 aliphatic heterocycles. The zero-order chi connectivity index (χ0) is 9.40. The quantitative estimate of drug-likeness (QED) is 0.420. The third-order valence-electron chi connectivity index (χ3n) is 0.848. The predicted molar refractivity (Wildman–Crippen MR) is 35.2 cm³/mol. The normalized spacial score (nSPS) is 8.67. The molecular formula is C6H8O6. The number of carbonyl (C=O) groups excluding carboxylic acids is 2. The highest BCUT2D eigenvalue weighted by atomic mass is 16.6. The molecule has 0 aliphatic carbocycles. The van der Waals surface area contributed by atoms with Crippen LogP contribution in [0.4, 0.5) is 0 Å². The van der Waals surface area contributed by atoms with Gasteiger partial charge in [-0.15, -0.1) is 0 Å². The molecule has 68 valence electrons. The zero-order valence-corrected chi connectivity index (χ0v) is 6.19. The SMILES string of the molecule is O=COCC(=O)OCCC(=O)O. The van der Waals surface area contributed by atoms with Crippen molar-refractivity contribution in [3.8, 4) is 0 Å². The average molecular weight is 176 g/mol. The average Bonchev–Trinajstić information content (AvgIpc) is 2.00. The monoisotopic (exact) mass is 176 g/mol. The van der Waals surface area contributed by atoms with Crippen molar-refractivity contribution in [2.24, 2.45) is 0 Å². The van der Waals surface area contributed by atoms with E-state index in [0.717, 1.165) is 0 Å². The Labute approximate surface area is 68.1 Å². The topological polar surface area (TPSA) is 89.9 Å². The molecule has 0 radical (unpaired) electrons. The molecule has 0 heterocycles. The molecule has 0 atom stereocenters. The number of carboxylic acid groups (broad SMARTS) is 1. The smallest absolute Gasteiger partial charge is 0.344 e. The second-order valence-corrected chi connectivity index (χ2v) is 1.77. The molecule has 12 heavy (non-hydrogen) atoms. The summed E-state index contributed by atoms with van der Waals surface area (Å²) in [6.45, 7) is -0.585. The maximum absolute atomic E-state index is 10.5. The molecule has 0 saturated carbocycles. The predicted octanol–water partition coefficient (Wildman–Crippen LogP) is -0.823. The maximum atomic E-state index is 10.5. The van der Waals surface area contributed by atoms with Crippen molar-refractivity contribution in [1.29, 1.82) is 0 Å². The van der Waals surface area contributed by atoms with E-state index in [9.17, 15) is 14.4 Å². The minimum absolute atomic E-state index is 0.110. The van der Waals surface area contributed by atoms with Crippen molar-refractivity contribution < 1.29 is 29.0 Å². The summed E-state index contributed by atoms with van der Waals surface area (Å²) in [5.74, 6) is -1.82. The van der Waals surface area contributed by atoms with Crippen LogP contribution in [0.2, 0.25) is 0 Å². The Kier molecular flexibility index (Phi) is 5.33. The van der Waals surface area contributed by atoms with Gasteiger partial charge in [0.05, 0.1) is 6.42 Å². The highest BCUT2D eigenvalue weighted by Gasteiger charge is 2.03. The summed E-state index contributed by atoms with van der Waals surface area (Å²) in [4.78, 5) is 30.0. The first kappa shape index (κ1) is 10.4. The number of hydrogen-bond donors (Lipinski definition) is 1. The largest absolute Gasteiger partial charge is 0.481 e. The number of hydrogen-bond acceptors (Lipinski definition) is 5. The number of ether oxygens (including phenoxy) is 2. The van der Waals surface area contributed by atoms with Crippen LogP contribution in [0.25, 0.3) is 0 Å². The van der Waals surface area contributed by atoms with Crippen molar-refractivity contribution >= 4 is 18.4 Å². The van der Waals surface area contributed by atoms with Gasteiger partial charge in [-0.1, -0.05) is 0 Å². The first-order chi connectivity index (χ1) is 5.66. The van der Waals surface area contributed by atoms with Crippen LogP contribution >= 0.6 is 0 Å². The zero-order valence-electron chi connectivity index (χ0n) is 6.19. The summed E-state index contributed by atoms with van der Waals surface area (Å²) in [7, 11) is 0. The van der Waals surface area contributed by atoms with E-state index in [1.165, 1.54) is 0 Å². The van der Waals surface area contributed by atoms with Gasteiger partial charge in [-0.25, -0.2) is 4.79 Å². The fourth-order valence-electron chi connectivity index (χ4n) is 0.396. The van der Waals surface area contributed by atoms with Crippen molar-refractivity contribution in [2.45, 2.75) is 6.42 Å². The van der Waals surface area contributed by atoms with E-state index in [2.05, 4.69) is 9.47 Å². The molecule has 0 amide bonds. The van der Waals surface area contributed by atoms with Gasteiger partial charge in [0.15, 0.2) is 6.61 Å². The molecule has 0 rings (SSSR count). The van der Waals surface area contributed by atoms with Gasteiger partial charge in [0, 0.05) is 0 Å². The van der Waals surface area contributed by atoms with E-state index in [1.807, 2.05) is 0 Å². The third-order valence-corrected chi connectivity index (χ3v) is 0.848. The molecule has 0 bridgehead atoms. The molecule has 0 spiro atoms. The van der Waals surface area contributed by atoms with E-state index < -0.39 is 18.5 Å². The Morgan fingerprint density at radius 3 is 2.58 bits per heavy atom. The first-order valence-corrected chi connectivity index (χ1v) is 3.09. The van der Waals surface area contributed by atoms with E-state index in [0.29, 0.717) is 0 Å². The van der Waals surface area contributed by atoms with E-state index in [1.54, 1.807) is 0 Å². The molecule has 1 N–H and O–H groups in total. The summed E-state index contributed by atoms with van der Waals surface area (Å²) < 4.78 is 8.40. The summed E-state index contributed by atoms with van der Waals surface area (Å²) in [6.07, 6.45) is -0.257. The van der Waals surface area contributed by atoms with E-state index >= 15 is 0 Å². The van der Waals surface area contributed by atoms with Gasteiger partial charge in [-0.3, -0.25) is 9.59 Å². The highest BCUT2D eigenvalue weighted by molar-refractivity contribution is 5.72. The molecular weight excluding hydrogens is 168 g/mol. The van der Waals surface area contributed by atoms with Crippen LogP contribution in [-0.2, 0) is 23.9 Å². The number of carboxylic acids is 1. The molecule has 0 aliphatic rings. The Hall–Kier alpha value is -1.59. The van der Waals surface area contributed by atoms with Crippen LogP contribution in [0.5, 0.6) is 0 Å². The van der Waals surface area contributed by atoms with Crippen LogP contribution in [-0.4, -0.2) is 36.7 Å². The number of esters is 1. The Morgan fingerprint density at radius 1 is 1.42 bits per heavy atom. The molecule has 0 aromatic carbocycles. The lowest BCUT2D eigenvalue weighted by molar-refractivity contribution is -0.154. The minimum atomic E-state index is -1.06. The van der Waals surface area contributed by atoms with Crippen molar-refractivity contribution in [1.82, 2.24) is 0 Å². The number of rotatable bonds is 6. The lowest BCUT2D eigenvalue weighted by Crippen LogP contribution is -2.14. The third kappa shape index (κ3) is 6.53. The molecule has 0 aromatic heterocycles. The molecule has 6 heteroatoms. The van der Waals surface area contributed by atoms with Crippen LogP contribution in [0.1, 0.15) is 6.42 Å². The first-order valence-electron chi connectivity index (χ1n) is 3.09. The van der Waals surface area contributed by atoms with Crippen molar-refractivity contribution in [3.63, 3.8) is 0 Å². The lowest BCUT2D eigenvalue weighted by Gasteiger charge is -2.00. The molecule has 6 nitrogen and oxygen atoms in total. The minimum Gasteiger partial charge on any atom is -0.481 e. The standard InChI is InChI=1S/C6H8O6/c7-4-11-3-6(10)12-2-1-5(8)9/h4H,1-3H2,(H,8,9). The van der Waals surface area contributed by atoms with Crippen LogP contribution in [0, 0.1) is 0 Å². The van der Waals surface area contributed by atoms with Gasteiger partial charge in [-0.05, 0) is 0 Å². The van der Waals surface area contributed by atoms with Gasteiger partial charge in [0.1, 0.15) is 6.61 Å². The fraction of sp³-hybridized carbons (Fsp3) is 0.500. The summed E-state index contributed by atoms with van der Waals surface area (Å²) >= 11 is 0. The second kappa shape index (κ2) is 6.14. The fourth-order valence-corrected chi connectivity index (χ4v) is 0.396. The molecule has 0 saturated heterocycles. The Balaban J connectivity index is 3.31. The Morgan fingerprint density at radius 2 is 2.08 bits per heavy atom. The molecule has 0 unspecified atom stereocenters. The van der Waals surface area contributed by atoms with E-state index in [-0.39, 0.29) is 19.5 Å². The highest BCUT2D eigenvalue weighted by Crippen LogP contribution is 1.84. The van der Waals surface area contributed by atoms with Crippen molar-refractivity contribution in [2.75, 3.05) is 13.2 Å². The van der Waals surface area contributed by atoms with Gasteiger partial charge in [0.2, 0.25) is 0 Å².